The fourth-order valence-electron chi connectivity index (χ4n) is 1.86. The molecule has 1 aliphatic rings. The van der Waals surface area contributed by atoms with Crippen LogP contribution in [-0.2, 0) is 11.3 Å². The highest BCUT2D eigenvalue weighted by molar-refractivity contribution is 8.00. The number of thioether (sulfide) groups is 1. The molecule has 3 rings (SSSR count). The molecule has 0 saturated carbocycles. The first-order valence-corrected chi connectivity index (χ1v) is 8.23. The summed E-state index contributed by atoms with van der Waals surface area (Å²) in [6.45, 7) is 9.10. The molecule has 1 fully saturated rings. The fourth-order valence-corrected chi connectivity index (χ4v) is 3.74. The van der Waals surface area contributed by atoms with Crippen molar-refractivity contribution in [2.24, 2.45) is 0 Å². The van der Waals surface area contributed by atoms with Gasteiger partial charge < -0.3 is 10.1 Å². The Hall–Kier alpha value is -0.560. The monoisotopic (exact) mass is 297 g/mol. The number of nitrogens with one attached hydrogen (secondary N) is 1. The van der Waals surface area contributed by atoms with Gasteiger partial charge in [0.15, 0.2) is 4.96 Å². The van der Waals surface area contributed by atoms with E-state index >= 15 is 0 Å². The third kappa shape index (κ3) is 2.97. The number of aromatic nitrogens is 2. The zero-order valence-corrected chi connectivity index (χ0v) is 13.1. The normalized spacial score (nSPS) is 17.0. The van der Waals surface area contributed by atoms with Crippen molar-refractivity contribution < 1.29 is 4.74 Å². The van der Waals surface area contributed by atoms with Gasteiger partial charge in [-0.05, 0) is 20.8 Å². The molecule has 0 aliphatic carbocycles. The van der Waals surface area contributed by atoms with Crippen LogP contribution in [0.5, 0.6) is 0 Å². The van der Waals surface area contributed by atoms with Gasteiger partial charge in [0.05, 0.1) is 24.2 Å². The molecule has 1 saturated heterocycles. The molecule has 0 atom stereocenters. The number of thiazole rings is 1. The maximum atomic E-state index is 5.25. The molecule has 0 unspecified atom stereocenters. The van der Waals surface area contributed by atoms with Gasteiger partial charge in [0.1, 0.15) is 5.03 Å². The molecule has 2 aromatic heterocycles. The average Bonchev–Trinajstić information content (AvgIpc) is 2.79. The number of nitrogens with zero attached hydrogens (tertiary/aromatic N) is 2. The van der Waals surface area contributed by atoms with Gasteiger partial charge in [0.2, 0.25) is 0 Å². The van der Waals surface area contributed by atoms with E-state index in [1.807, 2.05) is 11.8 Å². The number of fused-ring (bicyclic) bond motifs is 1. The van der Waals surface area contributed by atoms with Crippen LogP contribution >= 0.6 is 23.1 Å². The zero-order valence-electron chi connectivity index (χ0n) is 11.5. The third-order valence-electron chi connectivity index (χ3n) is 3.00. The number of rotatable bonds is 4. The number of hydrogen-bond donors (Lipinski definition) is 1. The van der Waals surface area contributed by atoms with E-state index in [0.29, 0.717) is 5.25 Å². The summed E-state index contributed by atoms with van der Waals surface area (Å²) in [5.41, 5.74) is 1.38. The summed E-state index contributed by atoms with van der Waals surface area (Å²) >= 11 is 3.54. The minimum Gasteiger partial charge on any atom is -0.379 e. The Balaban J connectivity index is 1.84. The predicted molar refractivity (Wildman–Crippen MR) is 80.1 cm³/mol. The molecule has 0 radical (unpaired) electrons. The number of imidazole rings is 1. The van der Waals surface area contributed by atoms with Gasteiger partial charge in [0, 0.05) is 23.7 Å². The average molecular weight is 297 g/mol. The highest BCUT2D eigenvalue weighted by atomic mass is 32.2. The first-order chi connectivity index (χ1) is 9.03. The second kappa shape index (κ2) is 5.09. The maximum Gasteiger partial charge on any atom is 0.194 e. The lowest BCUT2D eigenvalue weighted by molar-refractivity contribution is 0.0454. The van der Waals surface area contributed by atoms with Gasteiger partial charge >= 0.3 is 0 Å². The van der Waals surface area contributed by atoms with Crippen LogP contribution < -0.4 is 5.32 Å². The Labute approximate surface area is 121 Å². The van der Waals surface area contributed by atoms with Gasteiger partial charge in [-0.1, -0.05) is 11.8 Å². The van der Waals surface area contributed by atoms with E-state index in [1.165, 1.54) is 5.69 Å². The minimum absolute atomic E-state index is 0.113. The van der Waals surface area contributed by atoms with Crippen molar-refractivity contribution in [2.75, 3.05) is 13.2 Å². The lowest BCUT2D eigenvalue weighted by Gasteiger charge is -2.25. The van der Waals surface area contributed by atoms with Crippen LogP contribution in [0, 0.1) is 0 Å². The summed E-state index contributed by atoms with van der Waals surface area (Å²) in [5.74, 6) is 0. The quantitative estimate of drug-likeness (QED) is 0.942. The Morgan fingerprint density at radius 2 is 2.32 bits per heavy atom. The summed E-state index contributed by atoms with van der Waals surface area (Å²) in [7, 11) is 0. The Morgan fingerprint density at radius 3 is 2.95 bits per heavy atom. The lowest BCUT2D eigenvalue weighted by Crippen LogP contribution is -2.35. The van der Waals surface area contributed by atoms with Crippen LogP contribution in [0.2, 0.25) is 0 Å². The predicted octanol–water partition coefficient (Wildman–Crippen LogP) is 2.77. The summed E-state index contributed by atoms with van der Waals surface area (Å²) in [6, 6.07) is 0. The van der Waals surface area contributed by atoms with E-state index in [0.717, 1.165) is 29.7 Å². The molecular formula is C13H19N3OS2. The SMILES string of the molecule is CC(C)(C)NCc1c(SC2COC2)nc2sccn12. The number of hydrogen-bond acceptors (Lipinski definition) is 5. The van der Waals surface area contributed by atoms with Crippen LogP contribution in [0.15, 0.2) is 16.6 Å². The molecule has 0 aromatic carbocycles. The Kier molecular flexibility index (Phi) is 3.59. The molecule has 4 nitrogen and oxygen atoms in total. The van der Waals surface area contributed by atoms with E-state index in [4.69, 9.17) is 9.72 Å². The summed E-state index contributed by atoms with van der Waals surface area (Å²) in [4.78, 5) is 5.82. The van der Waals surface area contributed by atoms with Crippen molar-refractivity contribution in [3.05, 3.63) is 17.3 Å². The minimum atomic E-state index is 0.113. The molecule has 104 valence electrons. The van der Waals surface area contributed by atoms with Gasteiger partial charge in [-0.2, -0.15) is 0 Å². The molecule has 0 spiro atoms. The molecule has 3 heterocycles. The first-order valence-electron chi connectivity index (χ1n) is 6.47. The summed E-state index contributed by atoms with van der Waals surface area (Å²) in [5, 5.41) is 7.36. The lowest BCUT2D eigenvalue weighted by atomic mass is 10.1. The van der Waals surface area contributed by atoms with E-state index < -0.39 is 0 Å². The molecule has 19 heavy (non-hydrogen) atoms. The van der Waals surface area contributed by atoms with Crippen molar-refractivity contribution in [1.82, 2.24) is 14.7 Å². The Morgan fingerprint density at radius 1 is 1.53 bits per heavy atom. The van der Waals surface area contributed by atoms with Gasteiger partial charge in [-0.3, -0.25) is 4.40 Å². The van der Waals surface area contributed by atoms with Crippen molar-refractivity contribution in [2.45, 2.75) is 43.1 Å². The van der Waals surface area contributed by atoms with Crippen LogP contribution in [0.4, 0.5) is 0 Å². The van der Waals surface area contributed by atoms with Gasteiger partial charge in [0.25, 0.3) is 0 Å². The topological polar surface area (TPSA) is 38.6 Å². The second-order valence-electron chi connectivity index (χ2n) is 5.80. The highest BCUT2D eigenvalue weighted by Gasteiger charge is 2.24. The molecular weight excluding hydrogens is 278 g/mol. The zero-order chi connectivity index (χ0) is 13.5. The van der Waals surface area contributed by atoms with Crippen molar-refractivity contribution >= 4 is 28.1 Å². The largest absolute Gasteiger partial charge is 0.379 e. The Bertz CT molecular complexity index is 566. The first kappa shape index (κ1) is 13.4. The van der Waals surface area contributed by atoms with E-state index in [9.17, 15) is 0 Å². The molecule has 1 aliphatic heterocycles. The van der Waals surface area contributed by atoms with Crippen molar-refractivity contribution in [1.29, 1.82) is 0 Å². The van der Waals surface area contributed by atoms with E-state index in [1.54, 1.807) is 11.3 Å². The molecule has 1 N–H and O–H groups in total. The maximum absolute atomic E-state index is 5.25. The highest BCUT2D eigenvalue weighted by Crippen LogP contribution is 2.32. The fraction of sp³-hybridized carbons (Fsp3) is 0.615. The summed E-state index contributed by atoms with van der Waals surface area (Å²) in [6.07, 6.45) is 2.11. The van der Waals surface area contributed by atoms with Gasteiger partial charge in [-0.15, -0.1) is 11.3 Å². The third-order valence-corrected chi connectivity index (χ3v) is 4.91. The van der Waals surface area contributed by atoms with E-state index in [2.05, 4.69) is 42.1 Å². The van der Waals surface area contributed by atoms with Crippen molar-refractivity contribution in [3.63, 3.8) is 0 Å². The van der Waals surface area contributed by atoms with Crippen LogP contribution in [-0.4, -0.2) is 33.4 Å². The van der Waals surface area contributed by atoms with Crippen molar-refractivity contribution in [3.8, 4) is 0 Å². The van der Waals surface area contributed by atoms with Gasteiger partial charge in [-0.25, -0.2) is 4.98 Å². The van der Waals surface area contributed by atoms with E-state index in [-0.39, 0.29) is 5.54 Å². The molecule has 0 bridgehead atoms. The molecule has 0 amide bonds. The standard InChI is InChI=1S/C13H19N3OS2/c1-13(2,3)14-6-10-11(19-9-7-17-8-9)15-12-16(10)4-5-18-12/h4-5,9,14H,6-8H2,1-3H3. The molecule has 6 heteroatoms. The summed E-state index contributed by atoms with van der Waals surface area (Å²) < 4.78 is 7.45. The van der Waals surface area contributed by atoms with Crippen LogP contribution in [0.25, 0.3) is 4.96 Å². The number of ether oxygens (including phenoxy) is 1. The van der Waals surface area contributed by atoms with Crippen LogP contribution in [0.3, 0.4) is 0 Å². The molecule has 2 aromatic rings. The van der Waals surface area contributed by atoms with Crippen LogP contribution in [0.1, 0.15) is 26.5 Å². The smallest absolute Gasteiger partial charge is 0.194 e. The second-order valence-corrected chi connectivity index (χ2v) is 7.96.